The molecule has 7 heteroatoms. The number of aromatic nitrogens is 2. The van der Waals surface area contributed by atoms with Gasteiger partial charge in [0, 0.05) is 0 Å². The Hall–Kier alpha value is -1.72. The third kappa shape index (κ3) is 2.25. The third-order valence-electron chi connectivity index (χ3n) is 3.28. The minimum absolute atomic E-state index is 0.127. The number of nitrogens with one attached hydrogen (secondary N) is 1. The van der Waals surface area contributed by atoms with Crippen molar-refractivity contribution in [3.8, 4) is 0 Å². The van der Waals surface area contributed by atoms with E-state index in [-0.39, 0.29) is 20.9 Å². The Morgan fingerprint density at radius 3 is 2.86 bits per heavy atom. The van der Waals surface area contributed by atoms with E-state index >= 15 is 0 Å². The summed E-state index contributed by atoms with van der Waals surface area (Å²) in [6.45, 7) is 0. The number of benzene rings is 2. The minimum atomic E-state index is -0.214. The predicted octanol–water partition coefficient (Wildman–Crippen LogP) is 3.81. The Labute approximate surface area is 141 Å². The number of hydrogen-bond acceptors (Lipinski definition) is 4. The van der Waals surface area contributed by atoms with E-state index in [1.807, 2.05) is 42.5 Å². The van der Waals surface area contributed by atoms with Crippen LogP contribution in [0.15, 0.2) is 42.5 Å². The van der Waals surface area contributed by atoms with Gasteiger partial charge in [-0.2, -0.15) is 0 Å². The molecule has 0 aliphatic heterocycles. The Morgan fingerprint density at radius 2 is 2.00 bits per heavy atom. The zero-order valence-corrected chi connectivity index (χ0v) is 14.3. The maximum absolute atomic E-state index is 12.6. The number of amides is 1. The van der Waals surface area contributed by atoms with Gasteiger partial charge in [-0.15, -0.1) is 0 Å². The molecule has 0 radical (unpaired) electrons. The first kappa shape index (κ1) is 13.9. The number of carbonyl (C=O) groups excluding carboxylic acids is 1. The summed E-state index contributed by atoms with van der Waals surface area (Å²) in [6, 6.07) is 13.3. The van der Waals surface area contributed by atoms with Gasteiger partial charge < -0.3 is 0 Å². The monoisotopic (exact) mass is 393 g/mol. The van der Waals surface area contributed by atoms with E-state index in [9.17, 15) is 4.79 Å². The molecule has 1 amide bonds. The van der Waals surface area contributed by atoms with Crippen LogP contribution in [-0.2, 0) is 0 Å². The fourth-order valence-corrected chi connectivity index (χ4v) is 4.81. The van der Waals surface area contributed by atoms with Crippen LogP contribution in [0.5, 0.6) is 0 Å². The number of anilines is 1. The van der Waals surface area contributed by atoms with Crippen molar-refractivity contribution in [2.24, 2.45) is 0 Å². The number of rotatable bonds is 2. The van der Waals surface area contributed by atoms with Gasteiger partial charge in [-0.25, -0.2) is 0 Å². The summed E-state index contributed by atoms with van der Waals surface area (Å²) in [4.78, 5) is 13.1. The molecule has 108 valence electrons. The number of halogens is 1. The molecule has 2 heterocycles. The van der Waals surface area contributed by atoms with Crippen LogP contribution in [0.4, 0.5) is 5.69 Å². The van der Waals surface area contributed by atoms with Gasteiger partial charge in [0.05, 0.1) is 0 Å². The quantitative estimate of drug-likeness (QED) is 0.528. The van der Waals surface area contributed by atoms with E-state index < -0.39 is 0 Å². The summed E-state index contributed by atoms with van der Waals surface area (Å²) in [5.41, 5.74) is 2.27. The zero-order valence-electron chi connectivity index (χ0n) is 11.0. The summed E-state index contributed by atoms with van der Waals surface area (Å²) >= 11 is 7.61. The Balaban J connectivity index is 1.75. The van der Waals surface area contributed by atoms with Crippen molar-refractivity contribution in [1.82, 2.24) is 7.96 Å². The molecular weight excluding hydrogens is 385 g/mol. The van der Waals surface area contributed by atoms with E-state index in [0.717, 1.165) is 21.1 Å². The zero-order chi connectivity index (χ0) is 15.1. The van der Waals surface area contributed by atoms with E-state index in [2.05, 4.69) is 13.3 Å². The van der Waals surface area contributed by atoms with Crippen molar-refractivity contribution in [3.05, 3.63) is 52.4 Å². The number of thiophene rings is 1. The predicted molar refractivity (Wildman–Crippen MR) is 91.3 cm³/mol. The average Bonchev–Trinajstić information content (AvgIpc) is 3.13. The van der Waals surface area contributed by atoms with Gasteiger partial charge in [-0.3, -0.25) is 0 Å². The molecule has 0 unspecified atom stereocenters. The van der Waals surface area contributed by atoms with E-state index in [4.69, 9.17) is 11.6 Å². The van der Waals surface area contributed by atoms with Crippen LogP contribution in [0.3, 0.4) is 0 Å². The van der Waals surface area contributed by atoms with Crippen LogP contribution in [0.25, 0.3) is 21.1 Å². The fourth-order valence-electron chi connectivity index (χ4n) is 2.25. The van der Waals surface area contributed by atoms with Crippen LogP contribution in [0.1, 0.15) is 9.67 Å². The molecule has 4 nitrogen and oxygen atoms in total. The molecule has 0 saturated carbocycles. The van der Waals surface area contributed by atoms with Crippen LogP contribution < -0.4 is 5.32 Å². The first-order chi connectivity index (χ1) is 10.7. The number of carbonyl (C=O) groups is 1. The maximum atomic E-state index is 12.6. The first-order valence-electron chi connectivity index (χ1n) is 6.44. The molecule has 0 atom stereocenters. The Morgan fingerprint density at radius 1 is 1.14 bits per heavy atom. The normalized spacial score (nSPS) is 11.1. The van der Waals surface area contributed by atoms with Gasteiger partial charge in [-0.1, -0.05) is 0 Å². The summed E-state index contributed by atoms with van der Waals surface area (Å²) < 4.78 is 9.68. The molecule has 0 saturated heterocycles. The Kier molecular flexibility index (Phi) is 3.47. The molecule has 22 heavy (non-hydrogen) atoms. The van der Waals surface area contributed by atoms with E-state index in [1.54, 1.807) is 0 Å². The average molecular weight is 393 g/mol. The molecule has 2 aromatic carbocycles. The molecule has 0 aliphatic rings. The van der Waals surface area contributed by atoms with Crippen LogP contribution >= 0.6 is 22.9 Å². The van der Waals surface area contributed by atoms with Gasteiger partial charge in [0.1, 0.15) is 0 Å². The molecule has 0 aliphatic carbocycles. The van der Waals surface area contributed by atoms with Gasteiger partial charge in [0.15, 0.2) is 0 Å². The first-order valence-corrected chi connectivity index (χ1v) is 9.16. The van der Waals surface area contributed by atoms with Crippen LogP contribution in [-0.4, -0.2) is 28.8 Å². The fraction of sp³-hybridized carbons (Fsp3) is 0. The molecule has 0 spiro atoms. The van der Waals surface area contributed by atoms with Crippen LogP contribution in [0, 0.1) is 0 Å². The molecule has 1 N–H and O–H groups in total. The van der Waals surface area contributed by atoms with Gasteiger partial charge in [-0.05, 0) is 0 Å². The standard InChI is InChI=1S/C15H8ClN3OSSe/c16-12-8-4-1-2-7-11(8)21-14(12)15(20)17-9-5-3-6-10-13(9)19-22-18-10/h1-7H,(H,17,20). The second kappa shape index (κ2) is 5.48. The summed E-state index contributed by atoms with van der Waals surface area (Å²) in [6.07, 6.45) is 0. The molecular formula is C15H8ClN3OSSe. The third-order valence-corrected chi connectivity index (χ3v) is 6.09. The van der Waals surface area contributed by atoms with Gasteiger partial charge in [0.2, 0.25) is 0 Å². The summed E-state index contributed by atoms with van der Waals surface area (Å²) in [7, 11) is 0. The van der Waals surface area contributed by atoms with Gasteiger partial charge in [0.25, 0.3) is 0 Å². The molecule has 4 rings (SSSR count). The van der Waals surface area contributed by atoms with Crippen molar-refractivity contribution in [2.45, 2.75) is 0 Å². The Bertz CT molecular complexity index is 1010. The van der Waals surface area contributed by atoms with Gasteiger partial charge >= 0.3 is 141 Å². The molecule has 4 aromatic rings. The molecule has 0 bridgehead atoms. The SMILES string of the molecule is O=C(Nc1cccc2n[se]nc12)c1sc2ccccc2c1Cl. The molecule has 0 fully saturated rings. The van der Waals surface area contributed by atoms with Crippen molar-refractivity contribution < 1.29 is 4.79 Å². The van der Waals surface area contributed by atoms with E-state index in [0.29, 0.717) is 15.6 Å². The van der Waals surface area contributed by atoms with Crippen molar-refractivity contribution in [3.63, 3.8) is 0 Å². The second-order valence-electron chi connectivity index (χ2n) is 4.63. The summed E-state index contributed by atoms with van der Waals surface area (Å²) in [5.74, 6) is -0.214. The molecule has 2 aromatic heterocycles. The van der Waals surface area contributed by atoms with Crippen molar-refractivity contribution in [1.29, 1.82) is 0 Å². The van der Waals surface area contributed by atoms with Crippen molar-refractivity contribution in [2.75, 3.05) is 5.32 Å². The number of nitrogens with zero attached hydrogens (tertiary/aromatic N) is 2. The summed E-state index contributed by atoms with van der Waals surface area (Å²) in [5, 5.41) is 4.30. The topological polar surface area (TPSA) is 54.9 Å². The number of fused-ring (bicyclic) bond motifs is 2. The second-order valence-corrected chi connectivity index (χ2v) is 7.17. The van der Waals surface area contributed by atoms with Crippen molar-refractivity contribution >= 4 is 70.6 Å². The van der Waals surface area contributed by atoms with Crippen LogP contribution in [0.2, 0.25) is 5.02 Å². The number of hydrogen-bond donors (Lipinski definition) is 1. The van der Waals surface area contributed by atoms with E-state index in [1.165, 1.54) is 11.3 Å².